The van der Waals surface area contributed by atoms with Crippen LogP contribution >= 0.6 is 12.6 Å². The summed E-state index contributed by atoms with van der Waals surface area (Å²) in [5, 5.41) is 3.17. The molecule has 0 aliphatic rings. The van der Waals surface area contributed by atoms with Gasteiger partial charge in [-0.25, -0.2) is 0 Å². The molecule has 0 aliphatic heterocycles. The number of unbranched alkanes of at least 4 members (excludes halogenated alkanes) is 2. The molecule has 0 atom stereocenters. The molecule has 0 aromatic heterocycles. The maximum Gasteiger partial charge on any atom is 0.0221 e. The van der Waals surface area contributed by atoms with Crippen LogP contribution in [0.5, 0.6) is 0 Å². The fourth-order valence-corrected chi connectivity index (χ4v) is 0.704. The average Bonchev–Trinajstić information content (AvgIpc) is 1.89. The SMILES string of the molecule is CCCC[CH]NCCS. The Bertz CT molecular complexity index is 42.2. The molecule has 0 aromatic rings. The van der Waals surface area contributed by atoms with E-state index in [-0.39, 0.29) is 0 Å². The van der Waals surface area contributed by atoms with Crippen molar-refractivity contribution in [2.24, 2.45) is 0 Å². The summed E-state index contributed by atoms with van der Waals surface area (Å²) < 4.78 is 0. The molecule has 0 spiro atoms. The summed E-state index contributed by atoms with van der Waals surface area (Å²) in [7, 11) is 0. The summed E-state index contributed by atoms with van der Waals surface area (Å²) in [6.07, 6.45) is 3.75. The van der Waals surface area contributed by atoms with Crippen LogP contribution in [-0.2, 0) is 0 Å². The molecule has 0 amide bonds. The Labute approximate surface area is 63.6 Å². The van der Waals surface area contributed by atoms with Crippen molar-refractivity contribution in [3.63, 3.8) is 0 Å². The zero-order valence-electron chi connectivity index (χ0n) is 6.06. The lowest BCUT2D eigenvalue weighted by atomic mass is 10.2. The molecular weight excluding hydrogens is 130 g/mol. The number of nitrogens with one attached hydrogen (secondary N) is 1. The standard InChI is InChI=1S/C7H16NS/c1-2-3-4-5-8-6-7-9/h5,8-9H,2-4,6-7H2,1H3. The monoisotopic (exact) mass is 146 g/mol. The van der Waals surface area contributed by atoms with Crippen LogP contribution < -0.4 is 5.32 Å². The van der Waals surface area contributed by atoms with Gasteiger partial charge in [-0.2, -0.15) is 12.6 Å². The maximum atomic E-state index is 4.06. The fourth-order valence-electron chi connectivity index (χ4n) is 0.575. The van der Waals surface area contributed by atoms with E-state index in [1.54, 1.807) is 0 Å². The van der Waals surface area contributed by atoms with E-state index in [2.05, 4.69) is 31.4 Å². The van der Waals surface area contributed by atoms with Crippen LogP contribution in [-0.4, -0.2) is 12.3 Å². The van der Waals surface area contributed by atoms with Gasteiger partial charge in [0.25, 0.3) is 0 Å². The molecule has 0 fully saturated rings. The summed E-state index contributed by atoms with van der Waals surface area (Å²) in [5.41, 5.74) is 0. The molecule has 0 rings (SSSR count). The van der Waals surface area contributed by atoms with Gasteiger partial charge in [0.1, 0.15) is 0 Å². The Hall–Kier alpha value is 0.310. The van der Waals surface area contributed by atoms with Crippen molar-refractivity contribution in [2.75, 3.05) is 12.3 Å². The van der Waals surface area contributed by atoms with Crippen molar-refractivity contribution in [3.8, 4) is 0 Å². The molecule has 0 bridgehead atoms. The van der Waals surface area contributed by atoms with Crippen LogP contribution in [0.3, 0.4) is 0 Å². The lowest BCUT2D eigenvalue weighted by Crippen LogP contribution is -2.12. The highest BCUT2D eigenvalue weighted by atomic mass is 32.1. The van der Waals surface area contributed by atoms with Gasteiger partial charge in [-0.15, -0.1) is 0 Å². The quantitative estimate of drug-likeness (QED) is 0.430. The summed E-state index contributed by atoms with van der Waals surface area (Å²) >= 11 is 4.06. The molecule has 1 N–H and O–H groups in total. The van der Waals surface area contributed by atoms with Gasteiger partial charge in [-0.05, 0) is 6.42 Å². The molecule has 0 unspecified atom stereocenters. The molecule has 0 aromatic carbocycles. The topological polar surface area (TPSA) is 12.0 Å². The lowest BCUT2D eigenvalue weighted by molar-refractivity contribution is 0.711. The van der Waals surface area contributed by atoms with Crippen LogP contribution in [0.2, 0.25) is 0 Å². The first-order valence-electron chi connectivity index (χ1n) is 3.57. The first-order valence-corrected chi connectivity index (χ1v) is 4.21. The number of hydrogen-bond acceptors (Lipinski definition) is 2. The zero-order valence-corrected chi connectivity index (χ0v) is 6.95. The summed E-state index contributed by atoms with van der Waals surface area (Å²) in [6, 6.07) is 0. The van der Waals surface area contributed by atoms with Crippen molar-refractivity contribution < 1.29 is 0 Å². The van der Waals surface area contributed by atoms with E-state index in [1.807, 2.05) is 0 Å². The fraction of sp³-hybridized carbons (Fsp3) is 0.857. The van der Waals surface area contributed by atoms with Crippen molar-refractivity contribution in [1.29, 1.82) is 0 Å². The largest absolute Gasteiger partial charge is 0.312 e. The van der Waals surface area contributed by atoms with Gasteiger partial charge in [0.15, 0.2) is 0 Å². The summed E-state index contributed by atoms with van der Waals surface area (Å²) in [5.74, 6) is 0.919. The Morgan fingerprint density at radius 2 is 2.33 bits per heavy atom. The van der Waals surface area contributed by atoms with E-state index < -0.39 is 0 Å². The van der Waals surface area contributed by atoms with E-state index in [1.165, 1.54) is 19.3 Å². The minimum atomic E-state index is 0.919. The highest BCUT2D eigenvalue weighted by molar-refractivity contribution is 7.80. The molecule has 1 nitrogen and oxygen atoms in total. The molecule has 55 valence electrons. The molecule has 0 aliphatic carbocycles. The van der Waals surface area contributed by atoms with Gasteiger partial charge in [-0.3, -0.25) is 0 Å². The Morgan fingerprint density at radius 1 is 1.56 bits per heavy atom. The second-order valence-electron chi connectivity index (χ2n) is 2.02. The first-order chi connectivity index (χ1) is 4.41. The van der Waals surface area contributed by atoms with E-state index in [4.69, 9.17) is 0 Å². The van der Waals surface area contributed by atoms with Crippen molar-refractivity contribution in [3.05, 3.63) is 6.54 Å². The van der Waals surface area contributed by atoms with Gasteiger partial charge >= 0.3 is 0 Å². The predicted octanol–water partition coefficient (Wildman–Crippen LogP) is 1.86. The minimum Gasteiger partial charge on any atom is -0.312 e. The van der Waals surface area contributed by atoms with Crippen molar-refractivity contribution in [1.82, 2.24) is 5.32 Å². The van der Waals surface area contributed by atoms with Gasteiger partial charge in [0, 0.05) is 18.8 Å². The van der Waals surface area contributed by atoms with E-state index >= 15 is 0 Å². The normalized spacial score (nSPS) is 10.0. The van der Waals surface area contributed by atoms with Crippen molar-refractivity contribution >= 4 is 12.6 Å². The van der Waals surface area contributed by atoms with E-state index in [9.17, 15) is 0 Å². The van der Waals surface area contributed by atoms with Crippen LogP contribution in [0.4, 0.5) is 0 Å². The highest BCUT2D eigenvalue weighted by Gasteiger charge is 1.84. The van der Waals surface area contributed by atoms with Gasteiger partial charge in [-0.1, -0.05) is 19.8 Å². The second kappa shape index (κ2) is 8.31. The molecule has 0 saturated heterocycles. The minimum absolute atomic E-state index is 0.919. The molecule has 9 heavy (non-hydrogen) atoms. The average molecular weight is 146 g/mol. The Morgan fingerprint density at radius 3 is 2.89 bits per heavy atom. The van der Waals surface area contributed by atoms with Gasteiger partial charge < -0.3 is 5.32 Å². The highest BCUT2D eigenvalue weighted by Crippen LogP contribution is 1.93. The number of thiol groups is 1. The lowest BCUT2D eigenvalue weighted by Gasteiger charge is -1.98. The molecule has 1 radical (unpaired) electrons. The number of hydrogen-bond donors (Lipinski definition) is 2. The Balaban J connectivity index is 2.60. The van der Waals surface area contributed by atoms with Crippen molar-refractivity contribution in [2.45, 2.75) is 26.2 Å². The third-order valence-electron chi connectivity index (χ3n) is 1.10. The summed E-state index contributed by atoms with van der Waals surface area (Å²) in [4.78, 5) is 0. The first kappa shape index (κ1) is 9.31. The van der Waals surface area contributed by atoms with Crippen LogP contribution in [0, 0.1) is 6.54 Å². The van der Waals surface area contributed by atoms with Crippen LogP contribution in [0.1, 0.15) is 26.2 Å². The maximum absolute atomic E-state index is 4.06. The molecule has 0 saturated carbocycles. The molecule has 2 heteroatoms. The number of rotatable bonds is 6. The third-order valence-corrected chi connectivity index (χ3v) is 1.33. The molecular formula is C7H16NS. The molecule has 0 heterocycles. The smallest absolute Gasteiger partial charge is 0.0221 e. The zero-order chi connectivity index (χ0) is 6.95. The van der Waals surface area contributed by atoms with E-state index in [0.29, 0.717) is 0 Å². The van der Waals surface area contributed by atoms with Crippen LogP contribution in [0.15, 0.2) is 0 Å². The summed E-state index contributed by atoms with van der Waals surface area (Å²) in [6.45, 7) is 5.32. The third kappa shape index (κ3) is 8.31. The predicted molar refractivity (Wildman–Crippen MR) is 45.7 cm³/mol. The van der Waals surface area contributed by atoms with Crippen LogP contribution in [0.25, 0.3) is 0 Å². The second-order valence-corrected chi connectivity index (χ2v) is 2.47. The Kier molecular flexibility index (Phi) is 8.60. The van der Waals surface area contributed by atoms with E-state index in [0.717, 1.165) is 12.3 Å². The van der Waals surface area contributed by atoms with Gasteiger partial charge in [0.2, 0.25) is 0 Å². The van der Waals surface area contributed by atoms with Gasteiger partial charge in [0.05, 0.1) is 0 Å².